The van der Waals surface area contributed by atoms with Gasteiger partial charge in [0.25, 0.3) is 5.91 Å². The predicted molar refractivity (Wildman–Crippen MR) is 114 cm³/mol. The molecule has 0 saturated carbocycles. The number of hydrogen-bond donors (Lipinski definition) is 0. The van der Waals surface area contributed by atoms with Crippen molar-refractivity contribution in [2.24, 2.45) is 5.92 Å². The molecular formula is C23H26N2O4S. The number of nitrogens with zero attached hydrogens (tertiary/aromatic N) is 2. The second-order valence-electron chi connectivity index (χ2n) is 7.93. The third-order valence-corrected chi connectivity index (χ3v) is 7.93. The van der Waals surface area contributed by atoms with Gasteiger partial charge in [-0.05, 0) is 49.9 Å². The number of carbonyl (C=O) groups is 2. The Morgan fingerprint density at radius 3 is 1.97 bits per heavy atom. The molecule has 2 heterocycles. The van der Waals surface area contributed by atoms with Gasteiger partial charge in [0.15, 0.2) is 5.78 Å². The Balaban J connectivity index is 1.38. The first kappa shape index (κ1) is 20.8. The minimum absolute atomic E-state index is 0.0653. The van der Waals surface area contributed by atoms with E-state index < -0.39 is 10.0 Å². The average molecular weight is 427 g/mol. The van der Waals surface area contributed by atoms with Gasteiger partial charge in [-0.15, -0.1) is 0 Å². The Kier molecular flexibility index (Phi) is 6.01. The summed E-state index contributed by atoms with van der Waals surface area (Å²) in [5.74, 6) is -0.0469. The fraction of sp³-hybridized carbons (Fsp3) is 0.391. The number of benzene rings is 2. The first-order valence-corrected chi connectivity index (χ1v) is 11.9. The highest BCUT2D eigenvalue weighted by Gasteiger charge is 2.30. The summed E-state index contributed by atoms with van der Waals surface area (Å²) in [4.78, 5) is 27.4. The molecule has 0 aromatic heterocycles. The van der Waals surface area contributed by atoms with Crippen molar-refractivity contribution in [1.29, 1.82) is 0 Å². The Morgan fingerprint density at radius 2 is 1.37 bits per heavy atom. The number of hydrogen-bond acceptors (Lipinski definition) is 4. The van der Waals surface area contributed by atoms with Crippen LogP contribution in [-0.4, -0.2) is 55.5 Å². The van der Waals surface area contributed by atoms with Crippen LogP contribution in [0, 0.1) is 5.92 Å². The van der Waals surface area contributed by atoms with Crippen LogP contribution in [0.3, 0.4) is 0 Å². The molecule has 0 unspecified atom stereocenters. The van der Waals surface area contributed by atoms with Crippen LogP contribution in [0.25, 0.3) is 0 Å². The largest absolute Gasteiger partial charge is 0.339 e. The first-order chi connectivity index (χ1) is 14.5. The van der Waals surface area contributed by atoms with Gasteiger partial charge >= 0.3 is 0 Å². The van der Waals surface area contributed by atoms with Crippen molar-refractivity contribution in [3.05, 3.63) is 65.7 Å². The normalized spacial score (nSPS) is 18.5. The van der Waals surface area contributed by atoms with E-state index in [-0.39, 0.29) is 22.5 Å². The van der Waals surface area contributed by atoms with Gasteiger partial charge in [0.1, 0.15) is 0 Å². The highest BCUT2D eigenvalue weighted by atomic mass is 32.2. The Hall–Kier alpha value is -2.51. The van der Waals surface area contributed by atoms with Crippen molar-refractivity contribution in [2.75, 3.05) is 26.2 Å². The number of carbonyl (C=O) groups excluding carboxylic acids is 2. The summed E-state index contributed by atoms with van der Waals surface area (Å²) < 4.78 is 26.8. The molecule has 6 nitrogen and oxygen atoms in total. The summed E-state index contributed by atoms with van der Waals surface area (Å²) in [5, 5.41) is 0. The molecular weight excluding hydrogens is 400 g/mol. The molecule has 2 fully saturated rings. The van der Waals surface area contributed by atoms with Crippen molar-refractivity contribution in [2.45, 2.75) is 30.6 Å². The SMILES string of the molecule is O=C(c1ccccc1)C1CCN(C(=O)c2ccc(S(=O)(=O)N3CCCC3)cc2)CC1. The summed E-state index contributed by atoms with van der Waals surface area (Å²) in [7, 11) is -3.48. The third kappa shape index (κ3) is 4.18. The van der Waals surface area contributed by atoms with Gasteiger partial charge < -0.3 is 4.90 Å². The lowest BCUT2D eigenvalue weighted by Gasteiger charge is -2.31. The Labute approximate surface area is 177 Å². The molecule has 30 heavy (non-hydrogen) atoms. The molecule has 2 saturated heterocycles. The van der Waals surface area contributed by atoms with E-state index in [1.54, 1.807) is 17.0 Å². The zero-order chi connectivity index (χ0) is 21.1. The van der Waals surface area contributed by atoms with E-state index in [0.29, 0.717) is 44.6 Å². The van der Waals surface area contributed by atoms with Gasteiger partial charge in [0.2, 0.25) is 10.0 Å². The highest BCUT2D eigenvalue weighted by Crippen LogP contribution is 2.24. The molecule has 0 bridgehead atoms. The van der Waals surface area contributed by atoms with E-state index in [1.165, 1.54) is 16.4 Å². The van der Waals surface area contributed by atoms with E-state index in [2.05, 4.69) is 0 Å². The topological polar surface area (TPSA) is 74.8 Å². The summed E-state index contributed by atoms with van der Waals surface area (Å²) in [6.45, 7) is 2.16. The van der Waals surface area contributed by atoms with E-state index in [4.69, 9.17) is 0 Å². The number of likely N-dealkylation sites (tertiary alicyclic amines) is 1. The first-order valence-electron chi connectivity index (χ1n) is 10.5. The maximum atomic E-state index is 12.8. The van der Waals surface area contributed by atoms with Crippen molar-refractivity contribution in [1.82, 2.24) is 9.21 Å². The van der Waals surface area contributed by atoms with E-state index in [9.17, 15) is 18.0 Å². The van der Waals surface area contributed by atoms with Crippen molar-refractivity contribution in [3.63, 3.8) is 0 Å². The molecule has 2 aliphatic heterocycles. The predicted octanol–water partition coefficient (Wildman–Crippen LogP) is 3.21. The Bertz CT molecular complexity index is 1000. The van der Waals surface area contributed by atoms with Crippen LogP contribution in [-0.2, 0) is 10.0 Å². The lowest BCUT2D eigenvalue weighted by atomic mass is 9.88. The van der Waals surface area contributed by atoms with Crippen LogP contribution < -0.4 is 0 Å². The lowest BCUT2D eigenvalue weighted by Crippen LogP contribution is -2.40. The minimum Gasteiger partial charge on any atom is -0.339 e. The summed E-state index contributed by atoms with van der Waals surface area (Å²) >= 11 is 0. The zero-order valence-corrected chi connectivity index (χ0v) is 17.7. The fourth-order valence-electron chi connectivity index (χ4n) is 4.21. The third-order valence-electron chi connectivity index (χ3n) is 6.02. The number of ketones is 1. The molecule has 158 valence electrons. The maximum Gasteiger partial charge on any atom is 0.253 e. The molecule has 1 amide bonds. The van der Waals surface area contributed by atoms with Crippen molar-refractivity contribution < 1.29 is 18.0 Å². The molecule has 2 aliphatic rings. The van der Waals surface area contributed by atoms with Crippen LogP contribution in [0.5, 0.6) is 0 Å². The smallest absolute Gasteiger partial charge is 0.253 e. The minimum atomic E-state index is -3.48. The van der Waals surface area contributed by atoms with E-state index in [1.807, 2.05) is 30.3 Å². The number of sulfonamides is 1. The molecule has 7 heteroatoms. The number of Topliss-reactive ketones (excluding diaryl/α,β-unsaturated/α-hetero) is 1. The van der Waals surface area contributed by atoms with Crippen LogP contribution in [0.4, 0.5) is 0 Å². The second kappa shape index (κ2) is 8.70. The summed E-state index contributed by atoms with van der Waals surface area (Å²) in [6, 6.07) is 15.5. The number of piperidine rings is 1. The molecule has 0 N–H and O–H groups in total. The average Bonchev–Trinajstić information content (AvgIpc) is 3.35. The van der Waals surface area contributed by atoms with E-state index >= 15 is 0 Å². The maximum absolute atomic E-state index is 12.8. The number of amides is 1. The summed E-state index contributed by atoms with van der Waals surface area (Å²) in [5.41, 5.74) is 1.19. The Morgan fingerprint density at radius 1 is 0.767 bits per heavy atom. The number of rotatable bonds is 5. The highest BCUT2D eigenvalue weighted by molar-refractivity contribution is 7.89. The monoisotopic (exact) mass is 426 g/mol. The van der Waals surface area contributed by atoms with Crippen LogP contribution >= 0.6 is 0 Å². The van der Waals surface area contributed by atoms with Gasteiger partial charge in [-0.1, -0.05) is 30.3 Å². The van der Waals surface area contributed by atoms with Crippen LogP contribution in [0.2, 0.25) is 0 Å². The fourth-order valence-corrected chi connectivity index (χ4v) is 5.73. The zero-order valence-electron chi connectivity index (χ0n) is 16.9. The quantitative estimate of drug-likeness (QED) is 0.688. The molecule has 0 radical (unpaired) electrons. The standard InChI is InChI=1S/C23H26N2O4S/c26-22(18-6-2-1-3-7-18)19-12-16-24(17-13-19)23(27)20-8-10-21(11-9-20)30(28,29)25-14-4-5-15-25/h1-3,6-11,19H,4-5,12-17H2. The second-order valence-corrected chi connectivity index (χ2v) is 9.87. The molecule has 4 rings (SSSR count). The summed E-state index contributed by atoms with van der Waals surface area (Å²) in [6.07, 6.45) is 3.05. The van der Waals surface area contributed by atoms with Gasteiger partial charge in [0.05, 0.1) is 4.90 Å². The van der Waals surface area contributed by atoms with Gasteiger partial charge in [-0.3, -0.25) is 9.59 Å². The molecule has 0 aliphatic carbocycles. The molecule has 2 aromatic rings. The van der Waals surface area contributed by atoms with Gasteiger partial charge in [0, 0.05) is 43.2 Å². The molecule has 2 aromatic carbocycles. The molecule has 0 spiro atoms. The van der Waals surface area contributed by atoms with Gasteiger partial charge in [-0.2, -0.15) is 4.31 Å². The lowest BCUT2D eigenvalue weighted by molar-refractivity contribution is 0.0650. The van der Waals surface area contributed by atoms with Crippen LogP contribution in [0.15, 0.2) is 59.5 Å². The van der Waals surface area contributed by atoms with E-state index in [0.717, 1.165) is 18.4 Å². The van der Waals surface area contributed by atoms with Gasteiger partial charge in [-0.25, -0.2) is 8.42 Å². The van der Waals surface area contributed by atoms with Crippen molar-refractivity contribution >= 4 is 21.7 Å². The molecule has 0 atom stereocenters. The van der Waals surface area contributed by atoms with Crippen molar-refractivity contribution in [3.8, 4) is 0 Å². The van der Waals surface area contributed by atoms with Crippen LogP contribution in [0.1, 0.15) is 46.4 Å².